The Hall–Kier alpha value is -2.28. The standard InChI is InChI=1S/C14H13BrN2O4/c15-12-4-3-9(8-11(12)13(18)19)17-14(20)16-6-5-10-2-1-7-21-10/h1-4,7-8H,5-6H2,(H,18,19)(H2,16,17,20). The molecule has 110 valence electrons. The second kappa shape index (κ2) is 6.94. The molecule has 1 heterocycles. The van der Waals surface area contributed by atoms with Crippen LogP contribution in [-0.4, -0.2) is 23.7 Å². The Morgan fingerprint density at radius 2 is 2.10 bits per heavy atom. The van der Waals surface area contributed by atoms with Gasteiger partial charge in [-0.2, -0.15) is 0 Å². The topological polar surface area (TPSA) is 91.6 Å². The number of carbonyl (C=O) groups excluding carboxylic acids is 1. The summed E-state index contributed by atoms with van der Waals surface area (Å²) in [5.41, 5.74) is 0.495. The molecule has 0 fully saturated rings. The average molecular weight is 353 g/mol. The summed E-state index contributed by atoms with van der Waals surface area (Å²) in [5.74, 6) is -0.282. The summed E-state index contributed by atoms with van der Waals surface area (Å²) < 4.78 is 5.60. The number of carboxylic acid groups (broad SMARTS) is 1. The number of nitrogens with one attached hydrogen (secondary N) is 2. The van der Waals surface area contributed by atoms with Crippen molar-refractivity contribution in [3.8, 4) is 0 Å². The molecule has 1 aromatic carbocycles. The zero-order valence-electron chi connectivity index (χ0n) is 10.9. The van der Waals surface area contributed by atoms with Crippen LogP contribution in [0.5, 0.6) is 0 Å². The van der Waals surface area contributed by atoms with E-state index in [1.165, 1.54) is 6.07 Å². The van der Waals surface area contributed by atoms with E-state index in [0.717, 1.165) is 5.76 Å². The second-order valence-electron chi connectivity index (χ2n) is 4.21. The SMILES string of the molecule is O=C(NCCc1ccco1)Nc1ccc(Br)c(C(=O)O)c1. The molecule has 2 aromatic rings. The van der Waals surface area contributed by atoms with E-state index in [1.807, 2.05) is 6.07 Å². The van der Waals surface area contributed by atoms with Crippen molar-refractivity contribution in [2.24, 2.45) is 0 Å². The Balaban J connectivity index is 1.87. The van der Waals surface area contributed by atoms with E-state index in [0.29, 0.717) is 23.1 Å². The first-order valence-electron chi connectivity index (χ1n) is 6.16. The van der Waals surface area contributed by atoms with Crippen LogP contribution in [-0.2, 0) is 6.42 Å². The van der Waals surface area contributed by atoms with E-state index in [9.17, 15) is 9.59 Å². The largest absolute Gasteiger partial charge is 0.478 e. The highest BCUT2D eigenvalue weighted by Crippen LogP contribution is 2.21. The van der Waals surface area contributed by atoms with Crippen molar-refractivity contribution in [3.05, 3.63) is 52.4 Å². The fourth-order valence-electron chi connectivity index (χ4n) is 1.70. The predicted octanol–water partition coefficient (Wildman–Crippen LogP) is 3.10. The lowest BCUT2D eigenvalue weighted by Crippen LogP contribution is -2.30. The Kier molecular flexibility index (Phi) is 4.99. The maximum Gasteiger partial charge on any atom is 0.336 e. The smallest absolute Gasteiger partial charge is 0.336 e. The van der Waals surface area contributed by atoms with Crippen LogP contribution in [0.1, 0.15) is 16.1 Å². The lowest BCUT2D eigenvalue weighted by atomic mass is 10.2. The number of furan rings is 1. The Labute approximate surface area is 129 Å². The van der Waals surface area contributed by atoms with E-state index in [1.54, 1.807) is 24.5 Å². The highest BCUT2D eigenvalue weighted by atomic mass is 79.9. The minimum atomic E-state index is -1.07. The van der Waals surface area contributed by atoms with Gasteiger partial charge in [0.2, 0.25) is 0 Å². The first kappa shape index (κ1) is 15.1. The van der Waals surface area contributed by atoms with Gasteiger partial charge in [-0.25, -0.2) is 9.59 Å². The third-order valence-corrected chi connectivity index (χ3v) is 3.38. The summed E-state index contributed by atoms with van der Waals surface area (Å²) in [6, 6.07) is 7.78. The van der Waals surface area contributed by atoms with Crippen molar-refractivity contribution in [2.45, 2.75) is 6.42 Å². The summed E-state index contributed by atoms with van der Waals surface area (Å²) in [7, 11) is 0. The maximum atomic E-state index is 11.7. The molecule has 6 nitrogen and oxygen atoms in total. The second-order valence-corrected chi connectivity index (χ2v) is 5.06. The molecule has 0 radical (unpaired) electrons. The molecule has 2 amide bonds. The fraction of sp³-hybridized carbons (Fsp3) is 0.143. The van der Waals surface area contributed by atoms with Gasteiger partial charge < -0.3 is 20.2 Å². The van der Waals surface area contributed by atoms with E-state index >= 15 is 0 Å². The molecule has 21 heavy (non-hydrogen) atoms. The van der Waals surface area contributed by atoms with Crippen LogP contribution in [0, 0.1) is 0 Å². The molecule has 3 N–H and O–H groups in total. The molecule has 0 spiro atoms. The van der Waals surface area contributed by atoms with E-state index < -0.39 is 12.0 Å². The molecule has 7 heteroatoms. The van der Waals surface area contributed by atoms with Crippen molar-refractivity contribution in [3.63, 3.8) is 0 Å². The number of urea groups is 1. The van der Waals surface area contributed by atoms with Crippen molar-refractivity contribution < 1.29 is 19.1 Å². The maximum absolute atomic E-state index is 11.7. The number of hydrogen-bond acceptors (Lipinski definition) is 3. The molecule has 0 saturated heterocycles. The predicted molar refractivity (Wildman–Crippen MR) is 80.5 cm³/mol. The molecule has 0 bridgehead atoms. The van der Waals surface area contributed by atoms with Gasteiger partial charge in [0, 0.05) is 23.1 Å². The molecular weight excluding hydrogens is 340 g/mol. The van der Waals surface area contributed by atoms with Gasteiger partial charge in [0.05, 0.1) is 11.8 Å². The van der Waals surface area contributed by atoms with E-state index in [4.69, 9.17) is 9.52 Å². The van der Waals surface area contributed by atoms with Gasteiger partial charge in [-0.15, -0.1) is 0 Å². The van der Waals surface area contributed by atoms with Crippen LogP contribution in [0.2, 0.25) is 0 Å². The Morgan fingerprint density at radius 3 is 2.76 bits per heavy atom. The molecule has 0 unspecified atom stereocenters. The van der Waals surface area contributed by atoms with Gasteiger partial charge in [0.25, 0.3) is 0 Å². The first-order valence-corrected chi connectivity index (χ1v) is 6.95. The lowest BCUT2D eigenvalue weighted by molar-refractivity contribution is 0.0696. The summed E-state index contributed by atoms with van der Waals surface area (Å²) in [6.45, 7) is 0.418. The number of rotatable bonds is 5. The highest BCUT2D eigenvalue weighted by Gasteiger charge is 2.10. The summed E-state index contributed by atoms with van der Waals surface area (Å²) in [6.07, 6.45) is 2.16. The minimum absolute atomic E-state index is 0.0865. The molecule has 0 aliphatic heterocycles. The van der Waals surface area contributed by atoms with Crippen LogP contribution in [0.15, 0.2) is 45.5 Å². The van der Waals surface area contributed by atoms with Crippen LogP contribution in [0.3, 0.4) is 0 Å². The third-order valence-electron chi connectivity index (χ3n) is 2.69. The monoisotopic (exact) mass is 352 g/mol. The number of carbonyl (C=O) groups is 2. The quantitative estimate of drug-likeness (QED) is 0.770. The molecule has 1 aromatic heterocycles. The van der Waals surface area contributed by atoms with Gasteiger partial charge in [-0.05, 0) is 46.3 Å². The van der Waals surface area contributed by atoms with Crippen molar-refractivity contribution in [2.75, 3.05) is 11.9 Å². The van der Waals surface area contributed by atoms with Crippen LogP contribution in [0.4, 0.5) is 10.5 Å². The van der Waals surface area contributed by atoms with E-state index in [-0.39, 0.29) is 5.56 Å². The van der Waals surface area contributed by atoms with Gasteiger partial charge >= 0.3 is 12.0 Å². The fourth-order valence-corrected chi connectivity index (χ4v) is 2.11. The molecule has 0 aliphatic rings. The number of aromatic carboxylic acids is 1. The van der Waals surface area contributed by atoms with Gasteiger partial charge in [0.15, 0.2) is 0 Å². The zero-order valence-corrected chi connectivity index (χ0v) is 12.5. The number of halogens is 1. The molecule has 0 aliphatic carbocycles. The summed E-state index contributed by atoms with van der Waals surface area (Å²) >= 11 is 3.14. The van der Waals surface area contributed by atoms with Crippen LogP contribution >= 0.6 is 15.9 Å². The number of carboxylic acids is 1. The van der Waals surface area contributed by atoms with Crippen molar-refractivity contribution in [1.29, 1.82) is 0 Å². The number of amides is 2. The van der Waals surface area contributed by atoms with Crippen LogP contribution in [0.25, 0.3) is 0 Å². The number of hydrogen-bond donors (Lipinski definition) is 3. The van der Waals surface area contributed by atoms with Gasteiger partial charge in [-0.1, -0.05) is 0 Å². The number of anilines is 1. The van der Waals surface area contributed by atoms with Crippen molar-refractivity contribution >= 4 is 33.6 Å². The highest BCUT2D eigenvalue weighted by molar-refractivity contribution is 9.10. The molecular formula is C14H13BrN2O4. The van der Waals surface area contributed by atoms with Gasteiger partial charge in [-0.3, -0.25) is 0 Å². The average Bonchev–Trinajstić information content (AvgIpc) is 2.94. The summed E-state index contributed by atoms with van der Waals surface area (Å²) in [4.78, 5) is 22.7. The minimum Gasteiger partial charge on any atom is -0.478 e. The molecule has 0 atom stereocenters. The van der Waals surface area contributed by atoms with Crippen LogP contribution < -0.4 is 10.6 Å². The molecule has 2 rings (SSSR count). The third kappa shape index (κ3) is 4.35. The lowest BCUT2D eigenvalue weighted by Gasteiger charge is -2.08. The molecule has 0 saturated carbocycles. The normalized spacial score (nSPS) is 10.1. The van der Waals surface area contributed by atoms with Crippen molar-refractivity contribution in [1.82, 2.24) is 5.32 Å². The Morgan fingerprint density at radius 1 is 1.29 bits per heavy atom. The zero-order chi connectivity index (χ0) is 15.2. The first-order chi connectivity index (χ1) is 10.1. The Bertz CT molecular complexity index is 640. The summed E-state index contributed by atoms with van der Waals surface area (Å²) in [5, 5.41) is 14.2. The van der Waals surface area contributed by atoms with Gasteiger partial charge in [0.1, 0.15) is 5.76 Å². The van der Waals surface area contributed by atoms with E-state index in [2.05, 4.69) is 26.6 Å². The number of benzene rings is 1.